The van der Waals surface area contributed by atoms with Gasteiger partial charge < -0.3 is 9.47 Å². The Morgan fingerprint density at radius 3 is 2.56 bits per heavy atom. The molecule has 1 saturated carbocycles. The molecular weight excluding hydrogens is 224 g/mol. The van der Waals surface area contributed by atoms with Crippen molar-refractivity contribution in [1.82, 2.24) is 0 Å². The lowest BCUT2D eigenvalue weighted by molar-refractivity contribution is 0.171. The largest absolute Gasteiger partial charge is 0.486 e. The second kappa shape index (κ2) is 5.64. The van der Waals surface area contributed by atoms with Crippen molar-refractivity contribution in [3.05, 3.63) is 23.8 Å². The smallest absolute Gasteiger partial charge is 0.161 e. The summed E-state index contributed by atoms with van der Waals surface area (Å²) >= 11 is 0. The minimum absolute atomic E-state index is 0.675. The summed E-state index contributed by atoms with van der Waals surface area (Å²) in [6.07, 6.45) is 9.70. The highest BCUT2D eigenvalue weighted by molar-refractivity contribution is 5.43. The monoisotopic (exact) mass is 246 g/mol. The maximum Gasteiger partial charge on any atom is 0.161 e. The Hall–Kier alpha value is -1.18. The Morgan fingerprint density at radius 1 is 0.944 bits per heavy atom. The second-order valence-corrected chi connectivity index (χ2v) is 5.52. The zero-order chi connectivity index (χ0) is 12.2. The molecular formula is C16H22O2. The van der Waals surface area contributed by atoms with Crippen molar-refractivity contribution in [3.8, 4) is 11.5 Å². The van der Waals surface area contributed by atoms with E-state index in [0.29, 0.717) is 13.2 Å². The van der Waals surface area contributed by atoms with Crippen molar-refractivity contribution in [1.29, 1.82) is 0 Å². The van der Waals surface area contributed by atoms with E-state index < -0.39 is 0 Å². The Balaban J connectivity index is 1.58. The van der Waals surface area contributed by atoms with Gasteiger partial charge in [0.15, 0.2) is 11.5 Å². The molecule has 98 valence electrons. The van der Waals surface area contributed by atoms with Crippen LogP contribution in [0, 0.1) is 5.92 Å². The molecule has 0 N–H and O–H groups in total. The average molecular weight is 246 g/mol. The van der Waals surface area contributed by atoms with Gasteiger partial charge in [-0.1, -0.05) is 38.2 Å². The molecule has 0 radical (unpaired) electrons. The lowest BCUT2D eigenvalue weighted by atomic mass is 9.85. The summed E-state index contributed by atoms with van der Waals surface area (Å²) in [5.41, 5.74) is 1.39. The van der Waals surface area contributed by atoms with Crippen molar-refractivity contribution >= 4 is 0 Å². The van der Waals surface area contributed by atoms with Gasteiger partial charge in [-0.3, -0.25) is 0 Å². The Labute approximate surface area is 109 Å². The van der Waals surface area contributed by atoms with Gasteiger partial charge in [0.05, 0.1) is 0 Å². The van der Waals surface area contributed by atoms with E-state index in [4.69, 9.17) is 9.47 Å². The maximum absolute atomic E-state index is 5.63. The van der Waals surface area contributed by atoms with Gasteiger partial charge in [-0.2, -0.15) is 0 Å². The minimum atomic E-state index is 0.675. The van der Waals surface area contributed by atoms with Gasteiger partial charge in [0, 0.05) is 0 Å². The van der Waals surface area contributed by atoms with E-state index in [-0.39, 0.29) is 0 Å². The third-order valence-corrected chi connectivity index (χ3v) is 4.17. The molecule has 0 saturated heterocycles. The molecule has 0 bridgehead atoms. The number of fused-ring (bicyclic) bond motifs is 1. The third kappa shape index (κ3) is 2.80. The minimum Gasteiger partial charge on any atom is -0.486 e. The number of ether oxygens (including phenoxy) is 2. The van der Waals surface area contributed by atoms with E-state index >= 15 is 0 Å². The molecule has 1 aliphatic heterocycles. The fourth-order valence-electron chi connectivity index (χ4n) is 3.09. The first-order chi connectivity index (χ1) is 8.92. The van der Waals surface area contributed by atoms with Crippen molar-refractivity contribution < 1.29 is 9.47 Å². The Kier molecular flexibility index (Phi) is 3.72. The fourth-order valence-corrected chi connectivity index (χ4v) is 3.09. The van der Waals surface area contributed by atoms with Crippen LogP contribution in [0.25, 0.3) is 0 Å². The van der Waals surface area contributed by atoms with Gasteiger partial charge in [-0.25, -0.2) is 0 Å². The zero-order valence-corrected chi connectivity index (χ0v) is 11.0. The first-order valence-electron chi connectivity index (χ1n) is 7.30. The van der Waals surface area contributed by atoms with E-state index in [1.807, 2.05) is 0 Å². The molecule has 0 spiro atoms. The summed E-state index contributed by atoms with van der Waals surface area (Å²) in [7, 11) is 0. The van der Waals surface area contributed by atoms with Crippen LogP contribution in [-0.4, -0.2) is 13.2 Å². The summed E-state index contributed by atoms with van der Waals surface area (Å²) in [5, 5.41) is 0. The standard InChI is InChI=1S/C16H22O2/c1-2-4-13(5-3-1)6-7-14-8-9-15-16(12-14)18-11-10-17-15/h8-9,12-13H,1-7,10-11H2. The van der Waals surface area contributed by atoms with Gasteiger partial charge in [-0.15, -0.1) is 0 Å². The lowest BCUT2D eigenvalue weighted by Crippen LogP contribution is -2.15. The highest BCUT2D eigenvalue weighted by Crippen LogP contribution is 2.32. The van der Waals surface area contributed by atoms with Crippen molar-refractivity contribution in [2.24, 2.45) is 5.92 Å². The second-order valence-electron chi connectivity index (χ2n) is 5.52. The number of hydrogen-bond donors (Lipinski definition) is 0. The Bertz CT molecular complexity index is 394. The van der Waals surface area contributed by atoms with Gasteiger partial charge in [-0.05, 0) is 36.5 Å². The summed E-state index contributed by atoms with van der Waals surface area (Å²) in [6, 6.07) is 6.42. The van der Waals surface area contributed by atoms with Crippen LogP contribution in [-0.2, 0) is 6.42 Å². The molecule has 3 rings (SSSR count). The predicted molar refractivity (Wildman–Crippen MR) is 72.3 cm³/mol. The van der Waals surface area contributed by atoms with E-state index in [1.54, 1.807) is 0 Å². The molecule has 1 aromatic carbocycles. The fraction of sp³-hybridized carbons (Fsp3) is 0.625. The van der Waals surface area contributed by atoms with E-state index in [1.165, 1.54) is 50.5 Å². The zero-order valence-electron chi connectivity index (χ0n) is 11.0. The quantitative estimate of drug-likeness (QED) is 0.803. The molecule has 0 amide bonds. The topological polar surface area (TPSA) is 18.5 Å². The van der Waals surface area contributed by atoms with Crippen molar-refractivity contribution in [3.63, 3.8) is 0 Å². The molecule has 1 aliphatic carbocycles. The molecule has 2 heteroatoms. The Morgan fingerprint density at radius 2 is 1.72 bits per heavy atom. The summed E-state index contributed by atoms with van der Waals surface area (Å²) < 4.78 is 11.2. The molecule has 0 unspecified atom stereocenters. The van der Waals surface area contributed by atoms with Crippen molar-refractivity contribution in [2.75, 3.05) is 13.2 Å². The molecule has 18 heavy (non-hydrogen) atoms. The predicted octanol–water partition coefficient (Wildman–Crippen LogP) is 3.97. The first-order valence-corrected chi connectivity index (χ1v) is 7.30. The van der Waals surface area contributed by atoms with Crippen molar-refractivity contribution in [2.45, 2.75) is 44.9 Å². The number of rotatable bonds is 3. The van der Waals surface area contributed by atoms with Gasteiger partial charge in [0.1, 0.15) is 13.2 Å². The molecule has 1 heterocycles. The summed E-state index contributed by atoms with van der Waals surface area (Å²) in [4.78, 5) is 0. The number of hydrogen-bond acceptors (Lipinski definition) is 2. The molecule has 0 atom stereocenters. The van der Waals surface area contributed by atoms with Crippen LogP contribution in [0.4, 0.5) is 0 Å². The summed E-state index contributed by atoms with van der Waals surface area (Å²) in [6.45, 7) is 1.35. The molecule has 2 nitrogen and oxygen atoms in total. The molecule has 0 aromatic heterocycles. The van der Waals surface area contributed by atoms with Crippen LogP contribution in [0.2, 0.25) is 0 Å². The maximum atomic E-state index is 5.63. The summed E-state index contributed by atoms with van der Waals surface area (Å²) in [5.74, 6) is 2.79. The third-order valence-electron chi connectivity index (χ3n) is 4.17. The van der Waals surface area contributed by atoms with Gasteiger partial charge in [0.25, 0.3) is 0 Å². The van der Waals surface area contributed by atoms with E-state index in [2.05, 4.69) is 18.2 Å². The SMILES string of the molecule is c1cc2c(cc1CCC1CCCCC1)OCCO2. The molecule has 1 fully saturated rings. The number of aryl methyl sites for hydroxylation is 1. The van der Waals surface area contributed by atoms with Crippen LogP contribution < -0.4 is 9.47 Å². The number of benzene rings is 1. The van der Waals surface area contributed by atoms with E-state index in [0.717, 1.165) is 17.4 Å². The van der Waals surface area contributed by atoms with Gasteiger partial charge >= 0.3 is 0 Å². The highest BCUT2D eigenvalue weighted by atomic mass is 16.6. The van der Waals surface area contributed by atoms with E-state index in [9.17, 15) is 0 Å². The van der Waals surface area contributed by atoms with Crippen LogP contribution in [0.5, 0.6) is 11.5 Å². The average Bonchev–Trinajstić information content (AvgIpc) is 2.46. The van der Waals surface area contributed by atoms with Crippen LogP contribution in [0.3, 0.4) is 0 Å². The van der Waals surface area contributed by atoms with Crippen LogP contribution in [0.1, 0.15) is 44.1 Å². The molecule has 1 aromatic rings. The van der Waals surface area contributed by atoms with Crippen LogP contribution >= 0.6 is 0 Å². The molecule has 2 aliphatic rings. The van der Waals surface area contributed by atoms with Crippen LogP contribution in [0.15, 0.2) is 18.2 Å². The van der Waals surface area contributed by atoms with Gasteiger partial charge in [0.2, 0.25) is 0 Å². The first kappa shape index (κ1) is 11.9. The lowest BCUT2D eigenvalue weighted by Gasteiger charge is -2.22. The normalized spacial score (nSPS) is 19.8. The highest BCUT2D eigenvalue weighted by Gasteiger charge is 2.15.